The number of rotatable bonds is 4. The fourth-order valence-corrected chi connectivity index (χ4v) is 1.89. The van der Waals surface area contributed by atoms with Crippen LogP contribution >= 0.6 is 0 Å². The molecule has 1 aromatic rings. The molecule has 1 heterocycles. The molecule has 1 aliphatic heterocycles. The maximum atomic E-state index is 11.8. The number of anilines is 1. The third kappa shape index (κ3) is 3.54. The number of benzene rings is 1. The van der Waals surface area contributed by atoms with Gasteiger partial charge in [0.05, 0.1) is 11.8 Å². The number of hydrogen-bond acceptors (Lipinski definition) is 4. The van der Waals surface area contributed by atoms with E-state index in [1.54, 1.807) is 19.1 Å². The summed E-state index contributed by atoms with van der Waals surface area (Å²) in [6.45, 7) is 4.80. The second-order valence-electron chi connectivity index (χ2n) is 4.81. The van der Waals surface area contributed by atoms with Crippen molar-refractivity contribution < 1.29 is 9.90 Å². The molecule has 5 nitrogen and oxygen atoms in total. The Bertz CT molecular complexity index is 480. The Morgan fingerprint density at radius 3 is 2.68 bits per heavy atom. The zero-order valence-electron chi connectivity index (χ0n) is 11.3. The van der Waals surface area contributed by atoms with Gasteiger partial charge < -0.3 is 10.4 Å². The molecule has 0 saturated carbocycles. The summed E-state index contributed by atoms with van der Waals surface area (Å²) in [6, 6.07) is 7.32. The molecule has 0 aromatic heterocycles. The zero-order valence-corrected chi connectivity index (χ0v) is 11.3. The fraction of sp³-hybridized carbons (Fsp3) is 0.429. The predicted octanol–water partition coefficient (Wildman–Crippen LogP) is 1.38. The molecule has 0 saturated heterocycles. The monoisotopic (exact) mass is 261 g/mol. The van der Waals surface area contributed by atoms with Gasteiger partial charge in [0.15, 0.2) is 0 Å². The highest BCUT2D eigenvalue weighted by molar-refractivity contribution is 5.94. The summed E-state index contributed by atoms with van der Waals surface area (Å²) in [4.78, 5) is 11.8. The van der Waals surface area contributed by atoms with E-state index in [1.165, 1.54) is 0 Å². The Kier molecular flexibility index (Phi) is 4.16. The molecule has 5 heteroatoms. The van der Waals surface area contributed by atoms with Crippen LogP contribution in [0.2, 0.25) is 0 Å². The number of hydrazone groups is 1. The largest absolute Gasteiger partial charge is 0.392 e. The summed E-state index contributed by atoms with van der Waals surface area (Å²) in [5, 5.41) is 18.1. The van der Waals surface area contributed by atoms with Crippen LogP contribution in [0, 0.1) is 0 Å². The number of nitrogens with zero attached hydrogens (tertiary/aromatic N) is 2. The molecule has 0 spiro atoms. The first kappa shape index (κ1) is 13.5. The van der Waals surface area contributed by atoms with Crippen molar-refractivity contribution >= 4 is 17.3 Å². The van der Waals surface area contributed by atoms with E-state index in [0.29, 0.717) is 5.56 Å². The van der Waals surface area contributed by atoms with E-state index in [4.69, 9.17) is 5.11 Å². The lowest BCUT2D eigenvalue weighted by Crippen LogP contribution is -2.30. The highest BCUT2D eigenvalue weighted by Gasteiger charge is 2.13. The Hall–Kier alpha value is -1.88. The predicted molar refractivity (Wildman–Crippen MR) is 75.5 cm³/mol. The van der Waals surface area contributed by atoms with Crippen molar-refractivity contribution in [3.8, 4) is 0 Å². The summed E-state index contributed by atoms with van der Waals surface area (Å²) in [7, 11) is 0. The maximum absolute atomic E-state index is 11.8. The molecule has 0 radical (unpaired) electrons. The van der Waals surface area contributed by atoms with Crippen molar-refractivity contribution in [1.29, 1.82) is 0 Å². The van der Waals surface area contributed by atoms with Crippen molar-refractivity contribution in [3.63, 3.8) is 0 Å². The summed E-state index contributed by atoms with van der Waals surface area (Å²) in [5.74, 6) is -0.173. The van der Waals surface area contributed by atoms with Crippen LogP contribution in [0.15, 0.2) is 29.4 Å². The van der Waals surface area contributed by atoms with Crippen molar-refractivity contribution in [2.75, 3.05) is 18.1 Å². The summed E-state index contributed by atoms with van der Waals surface area (Å²) in [6.07, 6.45) is 0.446. The highest BCUT2D eigenvalue weighted by Crippen LogP contribution is 2.19. The van der Waals surface area contributed by atoms with Gasteiger partial charge in [0, 0.05) is 30.8 Å². The first-order chi connectivity index (χ1) is 9.06. The number of nitrogens with one attached hydrogen (secondary N) is 1. The van der Waals surface area contributed by atoms with Crippen LogP contribution in [0.25, 0.3) is 0 Å². The molecule has 0 fully saturated rings. The molecule has 2 rings (SSSR count). The lowest BCUT2D eigenvalue weighted by Gasteiger charge is -2.14. The molecule has 1 unspecified atom stereocenters. The topological polar surface area (TPSA) is 64.9 Å². The highest BCUT2D eigenvalue weighted by atomic mass is 16.3. The average molecular weight is 261 g/mol. The quantitative estimate of drug-likeness (QED) is 0.860. The van der Waals surface area contributed by atoms with Crippen LogP contribution in [0.1, 0.15) is 30.6 Å². The lowest BCUT2D eigenvalue weighted by atomic mass is 10.2. The minimum absolute atomic E-state index is 0.173. The molecule has 0 aliphatic carbocycles. The van der Waals surface area contributed by atoms with Gasteiger partial charge in [0.2, 0.25) is 0 Å². The summed E-state index contributed by atoms with van der Waals surface area (Å²) >= 11 is 0. The van der Waals surface area contributed by atoms with Gasteiger partial charge in [0.25, 0.3) is 5.91 Å². The van der Waals surface area contributed by atoms with Crippen molar-refractivity contribution in [1.82, 2.24) is 5.32 Å². The Balaban J connectivity index is 2.00. The van der Waals surface area contributed by atoms with Gasteiger partial charge in [-0.1, -0.05) is 0 Å². The Labute approximate surface area is 112 Å². The SMILES string of the molecule is CC1=NN(c2ccc(C(=O)NCC(C)O)cc2)CC1. The minimum atomic E-state index is -0.537. The third-order valence-electron chi connectivity index (χ3n) is 2.96. The molecule has 1 aromatic carbocycles. The molecule has 1 aliphatic rings. The van der Waals surface area contributed by atoms with Gasteiger partial charge in [0.1, 0.15) is 0 Å². The van der Waals surface area contributed by atoms with E-state index in [0.717, 1.165) is 24.4 Å². The van der Waals surface area contributed by atoms with Crippen LogP contribution < -0.4 is 10.3 Å². The average Bonchev–Trinajstić information content (AvgIpc) is 2.83. The van der Waals surface area contributed by atoms with Crippen molar-refractivity contribution in [2.45, 2.75) is 26.4 Å². The Morgan fingerprint density at radius 2 is 2.16 bits per heavy atom. The maximum Gasteiger partial charge on any atom is 0.251 e. The summed E-state index contributed by atoms with van der Waals surface area (Å²) < 4.78 is 0. The van der Waals surface area contributed by atoms with Crippen LogP contribution in [0.5, 0.6) is 0 Å². The molecule has 0 bridgehead atoms. The van der Waals surface area contributed by atoms with Crippen molar-refractivity contribution in [3.05, 3.63) is 29.8 Å². The first-order valence-electron chi connectivity index (χ1n) is 6.44. The van der Waals surface area contributed by atoms with E-state index in [9.17, 15) is 4.79 Å². The summed E-state index contributed by atoms with van der Waals surface area (Å²) in [5.41, 5.74) is 2.70. The number of aliphatic hydroxyl groups is 1. The van der Waals surface area contributed by atoms with Crippen LogP contribution in [0.3, 0.4) is 0 Å². The van der Waals surface area contributed by atoms with Gasteiger partial charge >= 0.3 is 0 Å². The van der Waals surface area contributed by atoms with E-state index in [-0.39, 0.29) is 12.5 Å². The van der Waals surface area contributed by atoms with E-state index < -0.39 is 6.10 Å². The smallest absolute Gasteiger partial charge is 0.251 e. The fourth-order valence-electron chi connectivity index (χ4n) is 1.89. The molecule has 102 valence electrons. The second kappa shape index (κ2) is 5.84. The molecule has 19 heavy (non-hydrogen) atoms. The van der Waals surface area contributed by atoms with Gasteiger partial charge in [-0.2, -0.15) is 5.10 Å². The number of hydrogen-bond donors (Lipinski definition) is 2. The minimum Gasteiger partial charge on any atom is -0.392 e. The van der Waals surface area contributed by atoms with Crippen molar-refractivity contribution in [2.24, 2.45) is 5.10 Å². The number of carbonyl (C=O) groups excluding carboxylic acids is 1. The first-order valence-corrected chi connectivity index (χ1v) is 6.44. The van der Waals surface area contributed by atoms with E-state index >= 15 is 0 Å². The lowest BCUT2D eigenvalue weighted by molar-refractivity contribution is 0.0924. The van der Waals surface area contributed by atoms with Crippen LogP contribution in [-0.4, -0.2) is 35.9 Å². The van der Waals surface area contributed by atoms with Crippen LogP contribution in [-0.2, 0) is 0 Å². The molecule has 1 amide bonds. The van der Waals surface area contributed by atoms with E-state index in [2.05, 4.69) is 10.4 Å². The number of amides is 1. The van der Waals surface area contributed by atoms with E-state index in [1.807, 2.05) is 24.1 Å². The molecular weight excluding hydrogens is 242 g/mol. The van der Waals surface area contributed by atoms with Gasteiger partial charge in [-0.3, -0.25) is 9.80 Å². The normalized spacial score (nSPS) is 16.2. The number of carbonyl (C=O) groups is 1. The molecule has 2 N–H and O–H groups in total. The van der Waals surface area contributed by atoms with Gasteiger partial charge in [-0.05, 0) is 38.1 Å². The second-order valence-corrected chi connectivity index (χ2v) is 4.81. The van der Waals surface area contributed by atoms with Gasteiger partial charge in [-0.15, -0.1) is 0 Å². The van der Waals surface area contributed by atoms with Gasteiger partial charge in [-0.25, -0.2) is 0 Å². The Morgan fingerprint density at radius 1 is 1.47 bits per heavy atom. The zero-order chi connectivity index (χ0) is 13.8. The molecule has 1 atom stereocenters. The third-order valence-corrected chi connectivity index (χ3v) is 2.96. The molecular formula is C14H19N3O2. The number of aliphatic hydroxyl groups excluding tert-OH is 1. The van der Waals surface area contributed by atoms with Crippen LogP contribution in [0.4, 0.5) is 5.69 Å². The standard InChI is InChI=1S/C14H19N3O2/c1-10-7-8-17(16-10)13-5-3-12(4-6-13)14(19)15-9-11(2)18/h3-6,11,18H,7-9H2,1-2H3,(H,15,19).